The number of halogens is 2. The second-order valence-corrected chi connectivity index (χ2v) is 4.48. The molecule has 14 heavy (non-hydrogen) atoms. The van der Waals surface area contributed by atoms with E-state index in [-0.39, 0.29) is 11.7 Å². The van der Waals surface area contributed by atoms with Gasteiger partial charge < -0.3 is 0 Å². The van der Waals surface area contributed by atoms with Crippen LogP contribution < -0.4 is 0 Å². The van der Waals surface area contributed by atoms with E-state index in [0.717, 1.165) is 17.7 Å². The highest BCUT2D eigenvalue weighted by molar-refractivity contribution is 7.98. The van der Waals surface area contributed by atoms with E-state index in [4.69, 9.17) is 11.6 Å². The Bertz CT molecular complexity index is 278. The first-order chi connectivity index (χ1) is 6.77. The zero-order chi connectivity index (χ0) is 10.4. The van der Waals surface area contributed by atoms with Crippen LogP contribution in [-0.2, 0) is 0 Å². The fourth-order valence-electron chi connectivity index (χ4n) is 1.35. The Hall–Kier alpha value is -0.210. The molecule has 0 aliphatic carbocycles. The van der Waals surface area contributed by atoms with Crippen LogP contribution in [0.1, 0.15) is 17.9 Å². The van der Waals surface area contributed by atoms with Crippen molar-refractivity contribution in [2.75, 3.05) is 17.9 Å². The number of thioether (sulfide) groups is 1. The van der Waals surface area contributed by atoms with Gasteiger partial charge in [0.2, 0.25) is 0 Å². The summed E-state index contributed by atoms with van der Waals surface area (Å²) in [6.45, 7) is 0. The molecule has 0 bridgehead atoms. The fourth-order valence-corrected chi connectivity index (χ4v) is 2.21. The van der Waals surface area contributed by atoms with Gasteiger partial charge in [0.05, 0.1) is 0 Å². The summed E-state index contributed by atoms with van der Waals surface area (Å²) in [5, 5.41) is 0. The van der Waals surface area contributed by atoms with Crippen molar-refractivity contribution in [3.63, 3.8) is 0 Å². The van der Waals surface area contributed by atoms with Gasteiger partial charge in [-0.1, -0.05) is 12.1 Å². The molecule has 1 unspecified atom stereocenters. The zero-order valence-corrected chi connectivity index (χ0v) is 9.74. The zero-order valence-electron chi connectivity index (χ0n) is 8.17. The van der Waals surface area contributed by atoms with Crippen LogP contribution >= 0.6 is 23.4 Å². The first-order valence-electron chi connectivity index (χ1n) is 4.58. The number of benzene rings is 1. The molecule has 0 saturated heterocycles. The van der Waals surface area contributed by atoms with Crippen molar-refractivity contribution in [1.82, 2.24) is 0 Å². The lowest BCUT2D eigenvalue weighted by atomic mass is 9.98. The molecule has 1 atom stereocenters. The monoisotopic (exact) mass is 232 g/mol. The standard InChI is InChI=1S/C11H14ClFS/c1-14-6-5-10(8-12)9-3-2-4-11(13)7-9/h2-4,7,10H,5-6,8H2,1H3. The third-order valence-corrected chi connectivity index (χ3v) is 3.19. The predicted molar refractivity (Wildman–Crippen MR) is 62.9 cm³/mol. The van der Waals surface area contributed by atoms with Gasteiger partial charge in [-0.15, -0.1) is 11.6 Å². The molecule has 1 rings (SSSR count). The van der Waals surface area contributed by atoms with E-state index in [9.17, 15) is 4.39 Å². The molecule has 0 N–H and O–H groups in total. The maximum Gasteiger partial charge on any atom is 0.123 e. The molecular weight excluding hydrogens is 219 g/mol. The van der Waals surface area contributed by atoms with E-state index < -0.39 is 0 Å². The maximum absolute atomic E-state index is 12.9. The molecule has 0 aromatic heterocycles. The quantitative estimate of drug-likeness (QED) is 0.694. The molecule has 78 valence electrons. The van der Waals surface area contributed by atoms with Crippen LogP contribution in [0.15, 0.2) is 24.3 Å². The van der Waals surface area contributed by atoms with Crippen LogP contribution in [0.25, 0.3) is 0 Å². The molecule has 0 amide bonds. The number of hydrogen-bond donors (Lipinski definition) is 0. The van der Waals surface area contributed by atoms with Gasteiger partial charge in [0.15, 0.2) is 0 Å². The van der Waals surface area contributed by atoms with Crippen molar-refractivity contribution in [3.8, 4) is 0 Å². The molecule has 0 fully saturated rings. The van der Waals surface area contributed by atoms with Gasteiger partial charge in [-0.3, -0.25) is 0 Å². The topological polar surface area (TPSA) is 0 Å². The SMILES string of the molecule is CSCCC(CCl)c1cccc(F)c1. The molecular formula is C11H14ClFS. The average molecular weight is 233 g/mol. The summed E-state index contributed by atoms with van der Waals surface area (Å²) in [4.78, 5) is 0. The van der Waals surface area contributed by atoms with Crippen molar-refractivity contribution >= 4 is 23.4 Å². The van der Waals surface area contributed by atoms with Crippen LogP contribution in [0.4, 0.5) is 4.39 Å². The minimum atomic E-state index is -0.179. The molecule has 1 aromatic rings. The largest absolute Gasteiger partial charge is 0.207 e. The highest BCUT2D eigenvalue weighted by atomic mass is 35.5. The van der Waals surface area contributed by atoms with E-state index in [2.05, 4.69) is 6.26 Å². The molecule has 0 saturated carbocycles. The molecule has 0 spiro atoms. The summed E-state index contributed by atoms with van der Waals surface area (Å²) in [6, 6.07) is 6.72. The Balaban J connectivity index is 2.68. The van der Waals surface area contributed by atoms with Crippen LogP contribution in [0.3, 0.4) is 0 Å². The lowest BCUT2D eigenvalue weighted by Gasteiger charge is -2.13. The van der Waals surface area contributed by atoms with Gasteiger partial charge in [0, 0.05) is 5.88 Å². The van der Waals surface area contributed by atoms with Crippen molar-refractivity contribution in [2.24, 2.45) is 0 Å². The first kappa shape index (κ1) is 11.9. The second-order valence-electron chi connectivity index (χ2n) is 3.19. The van der Waals surface area contributed by atoms with Gasteiger partial charge in [0.1, 0.15) is 5.82 Å². The van der Waals surface area contributed by atoms with Crippen LogP contribution in [0.5, 0.6) is 0 Å². The maximum atomic E-state index is 12.9. The third kappa shape index (κ3) is 3.50. The van der Waals surface area contributed by atoms with Gasteiger partial charge in [-0.05, 0) is 42.0 Å². The third-order valence-electron chi connectivity index (χ3n) is 2.18. The van der Waals surface area contributed by atoms with Gasteiger partial charge >= 0.3 is 0 Å². The Morgan fingerprint density at radius 3 is 2.86 bits per heavy atom. The van der Waals surface area contributed by atoms with Crippen molar-refractivity contribution in [3.05, 3.63) is 35.6 Å². The molecule has 0 heterocycles. The van der Waals surface area contributed by atoms with E-state index in [1.54, 1.807) is 23.9 Å². The Morgan fingerprint density at radius 2 is 2.29 bits per heavy atom. The Morgan fingerprint density at radius 1 is 1.50 bits per heavy atom. The van der Waals surface area contributed by atoms with E-state index in [0.29, 0.717) is 5.88 Å². The Labute approximate surface area is 93.8 Å². The lowest BCUT2D eigenvalue weighted by Crippen LogP contribution is -2.02. The van der Waals surface area contributed by atoms with E-state index in [1.807, 2.05) is 6.07 Å². The van der Waals surface area contributed by atoms with Crippen molar-refractivity contribution in [2.45, 2.75) is 12.3 Å². The van der Waals surface area contributed by atoms with Gasteiger partial charge in [-0.2, -0.15) is 11.8 Å². The normalized spacial score (nSPS) is 12.8. The molecule has 0 aliphatic rings. The summed E-state index contributed by atoms with van der Waals surface area (Å²) >= 11 is 7.65. The molecule has 0 nitrogen and oxygen atoms in total. The molecule has 0 aliphatic heterocycles. The minimum Gasteiger partial charge on any atom is -0.207 e. The molecule has 1 aromatic carbocycles. The smallest absolute Gasteiger partial charge is 0.123 e. The highest BCUT2D eigenvalue weighted by Gasteiger charge is 2.10. The number of hydrogen-bond acceptors (Lipinski definition) is 1. The number of alkyl halides is 1. The average Bonchev–Trinajstić information content (AvgIpc) is 2.19. The van der Waals surface area contributed by atoms with Gasteiger partial charge in [0.25, 0.3) is 0 Å². The lowest BCUT2D eigenvalue weighted by molar-refractivity contribution is 0.620. The first-order valence-corrected chi connectivity index (χ1v) is 6.51. The number of rotatable bonds is 5. The Kier molecular flexibility index (Phi) is 5.34. The highest BCUT2D eigenvalue weighted by Crippen LogP contribution is 2.23. The van der Waals surface area contributed by atoms with Gasteiger partial charge in [-0.25, -0.2) is 4.39 Å². The summed E-state index contributed by atoms with van der Waals surface area (Å²) in [7, 11) is 0. The van der Waals surface area contributed by atoms with E-state index >= 15 is 0 Å². The molecule has 0 radical (unpaired) electrons. The summed E-state index contributed by atoms with van der Waals surface area (Å²) < 4.78 is 12.9. The van der Waals surface area contributed by atoms with E-state index in [1.165, 1.54) is 6.07 Å². The van der Waals surface area contributed by atoms with Crippen molar-refractivity contribution < 1.29 is 4.39 Å². The van der Waals surface area contributed by atoms with Crippen LogP contribution in [0.2, 0.25) is 0 Å². The van der Waals surface area contributed by atoms with Crippen LogP contribution in [0, 0.1) is 5.82 Å². The summed E-state index contributed by atoms with van der Waals surface area (Å²) in [5.74, 6) is 1.72. The van der Waals surface area contributed by atoms with Crippen LogP contribution in [-0.4, -0.2) is 17.9 Å². The molecule has 3 heteroatoms. The second kappa shape index (κ2) is 6.31. The summed E-state index contributed by atoms with van der Waals surface area (Å²) in [5.41, 5.74) is 1.01. The minimum absolute atomic E-state index is 0.179. The van der Waals surface area contributed by atoms with Crippen molar-refractivity contribution in [1.29, 1.82) is 0 Å². The fraction of sp³-hybridized carbons (Fsp3) is 0.455. The summed E-state index contributed by atoms with van der Waals surface area (Å²) in [6.07, 6.45) is 3.07. The predicted octanol–water partition coefficient (Wildman–Crippen LogP) is 3.90.